The van der Waals surface area contributed by atoms with E-state index in [1.54, 1.807) is 12.4 Å². The van der Waals surface area contributed by atoms with Gasteiger partial charge in [-0.05, 0) is 58.7 Å². The van der Waals surface area contributed by atoms with Gasteiger partial charge in [0.05, 0.1) is 31.0 Å². The van der Waals surface area contributed by atoms with Gasteiger partial charge < -0.3 is 19.4 Å². The maximum Gasteiger partial charge on any atom is 0.413 e. The normalized spacial score (nSPS) is 14.5. The van der Waals surface area contributed by atoms with Crippen LogP contribution in [0.15, 0.2) is 85.3 Å². The maximum atomic E-state index is 12.7. The number of hydrogen-bond acceptors (Lipinski definition) is 6. The highest BCUT2D eigenvalue weighted by atomic mass is 35.5. The van der Waals surface area contributed by atoms with Gasteiger partial charge in [0, 0.05) is 66.6 Å². The SMILES string of the molecule is Cn1cncc1C(c1ccc(Cl)cc1)c1ccc2nc(OC(=O)NCCN3CCOCC3)cc(-c3cccc(Cl)c3)c2c1. The Morgan fingerprint density at radius 1 is 1.00 bits per heavy atom. The summed E-state index contributed by atoms with van der Waals surface area (Å²) in [7, 11) is 1.99. The van der Waals surface area contributed by atoms with Crippen molar-refractivity contribution in [2.24, 2.45) is 7.05 Å². The predicted octanol–water partition coefficient (Wildman–Crippen LogP) is 6.54. The zero-order valence-corrected chi connectivity index (χ0v) is 25.2. The number of fused-ring (bicyclic) bond motifs is 1. The molecule has 0 bridgehead atoms. The number of rotatable bonds is 8. The second-order valence-electron chi connectivity index (χ2n) is 10.5. The lowest BCUT2D eigenvalue weighted by molar-refractivity contribution is 0.0385. The highest BCUT2D eigenvalue weighted by Crippen LogP contribution is 2.38. The molecule has 0 saturated carbocycles. The first kappa shape index (κ1) is 29.1. The molecule has 1 saturated heterocycles. The number of pyridine rings is 1. The Kier molecular flexibility index (Phi) is 8.90. The molecule has 0 spiro atoms. The fourth-order valence-electron chi connectivity index (χ4n) is 5.45. The molecule has 43 heavy (non-hydrogen) atoms. The number of aromatic nitrogens is 3. The molecule has 0 radical (unpaired) electrons. The van der Waals surface area contributed by atoms with Gasteiger partial charge in [-0.25, -0.2) is 14.8 Å². The van der Waals surface area contributed by atoms with Crippen LogP contribution in [0.5, 0.6) is 5.88 Å². The first-order valence-corrected chi connectivity index (χ1v) is 14.9. The highest BCUT2D eigenvalue weighted by molar-refractivity contribution is 6.31. The lowest BCUT2D eigenvalue weighted by atomic mass is 9.87. The molecule has 5 aromatic rings. The van der Waals surface area contributed by atoms with Crippen LogP contribution in [0.2, 0.25) is 10.0 Å². The summed E-state index contributed by atoms with van der Waals surface area (Å²) < 4.78 is 13.1. The van der Waals surface area contributed by atoms with Gasteiger partial charge >= 0.3 is 6.09 Å². The Bertz CT molecular complexity index is 1730. The first-order chi connectivity index (χ1) is 20.9. The van der Waals surface area contributed by atoms with Gasteiger partial charge in [0.15, 0.2) is 0 Å². The van der Waals surface area contributed by atoms with Gasteiger partial charge in [-0.2, -0.15) is 0 Å². The summed E-state index contributed by atoms with van der Waals surface area (Å²) in [5.74, 6) is 0.106. The number of imidazole rings is 1. The van der Waals surface area contributed by atoms with Crippen molar-refractivity contribution in [3.63, 3.8) is 0 Å². The van der Waals surface area contributed by atoms with Crippen molar-refractivity contribution in [3.05, 3.63) is 112 Å². The molecule has 220 valence electrons. The Hall–Kier alpha value is -3.95. The number of halogens is 2. The monoisotopic (exact) mass is 615 g/mol. The molecule has 1 atom stereocenters. The quantitative estimate of drug-likeness (QED) is 0.213. The largest absolute Gasteiger partial charge is 0.413 e. The summed E-state index contributed by atoms with van der Waals surface area (Å²) in [5, 5.41) is 5.03. The van der Waals surface area contributed by atoms with E-state index in [-0.39, 0.29) is 11.8 Å². The zero-order valence-electron chi connectivity index (χ0n) is 23.7. The summed E-state index contributed by atoms with van der Waals surface area (Å²) in [5.41, 5.74) is 5.60. The van der Waals surface area contributed by atoms with Crippen molar-refractivity contribution in [3.8, 4) is 17.0 Å². The zero-order chi connectivity index (χ0) is 29.8. The molecule has 6 rings (SSSR count). The summed E-state index contributed by atoms with van der Waals surface area (Å²) in [6.45, 7) is 4.33. The number of morpholine rings is 1. The van der Waals surface area contributed by atoms with Gasteiger partial charge in [-0.15, -0.1) is 0 Å². The number of ether oxygens (including phenoxy) is 2. The van der Waals surface area contributed by atoms with E-state index in [9.17, 15) is 4.79 Å². The number of benzene rings is 3. The minimum absolute atomic E-state index is 0.102. The molecule has 0 aliphatic carbocycles. The number of aryl methyl sites for hydroxylation is 1. The molecule has 1 aliphatic heterocycles. The van der Waals surface area contributed by atoms with Gasteiger partial charge in [-0.3, -0.25) is 4.90 Å². The summed E-state index contributed by atoms with van der Waals surface area (Å²) in [6, 6.07) is 23.4. The van der Waals surface area contributed by atoms with E-state index in [0.29, 0.717) is 35.3 Å². The van der Waals surface area contributed by atoms with Gasteiger partial charge in [-0.1, -0.05) is 53.5 Å². The number of carbonyl (C=O) groups excluding carboxylic acids is 1. The van der Waals surface area contributed by atoms with Crippen molar-refractivity contribution >= 4 is 40.2 Å². The fraction of sp³-hybridized carbons (Fsp3) is 0.242. The van der Waals surface area contributed by atoms with E-state index in [4.69, 9.17) is 37.7 Å². The van der Waals surface area contributed by atoms with Crippen LogP contribution in [0.4, 0.5) is 4.79 Å². The van der Waals surface area contributed by atoms with Crippen molar-refractivity contribution in [2.75, 3.05) is 39.4 Å². The average molecular weight is 617 g/mol. The second-order valence-corrected chi connectivity index (χ2v) is 11.4. The van der Waals surface area contributed by atoms with E-state index < -0.39 is 6.09 Å². The molecule has 1 aliphatic rings. The Morgan fingerprint density at radius 3 is 2.53 bits per heavy atom. The van der Waals surface area contributed by atoms with Crippen LogP contribution in [0, 0.1) is 0 Å². The number of nitrogens with zero attached hydrogens (tertiary/aromatic N) is 4. The van der Waals surface area contributed by atoms with Crippen LogP contribution >= 0.6 is 23.2 Å². The summed E-state index contributed by atoms with van der Waals surface area (Å²) >= 11 is 12.6. The minimum atomic E-state index is -0.548. The third kappa shape index (κ3) is 6.84. The molecule has 10 heteroatoms. The van der Waals surface area contributed by atoms with E-state index in [0.717, 1.165) is 53.0 Å². The first-order valence-electron chi connectivity index (χ1n) is 14.1. The van der Waals surface area contributed by atoms with Crippen LogP contribution in [0.1, 0.15) is 22.7 Å². The number of carbonyl (C=O) groups is 1. The van der Waals surface area contributed by atoms with Crippen molar-refractivity contribution in [1.82, 2.24) is 24.8 Å². The second kappa shape index (κ2) is 13.1. The molecule has 3 heterocycles. The molecule has 8 nitrogen and oxygen atoms in total. The van der Waals surface area contributed by atoms with Crippen molar-refractivity contribution in [2.45, 2.75) is 5.92 Å². The number of amides is 1. The molecule has 1 unspecified atom stereocenters. The van der Waals surface area contributed by atoms with Crippen LogP contribution in [0.25, 0.3) is 22.0 Å². The van der Waals surface area contributed by atoms with Crippen LogP contribution in [0.3, 0.4) is 0 Å². The van der Waals surface area contributed by atoms with E-state index in [1.165, 1.54) is 0 Å². The molecular formula is C33H31Cl2N5O3. The molecular weight excluding hydrogens is 585 g/mol. The van der Waals surface area contributed by atoms with Gasteiger partial charge in [0.2, 0.25) is 5.88 Å². The lowest BCUT2D eigenvalue weighted by Gasteiger charge is -2.26. The maximum absolute atomic E-state index is 12.7. The van der Waals surface area contributed by atoms with Gasteiger partial charge in [0.25, 0.3) is 0 Å². The minimum Gasteiger partial charge on any atom is -0.391 e. The van der Waals surface area contributed by atoms with Crippen LogP contribution in [-0.2, 0) is 11.8 Å². The summed E-state index contributed by atoms with van der Waals surface area (Å²) in [6.07, 6.45) is 3.13. The van der Waals surface area contributed by atoms with E-state index in [2.05, 4.69) is 27.3 Å². The predicted molar refractivity (Wildman–Crippen MR) is 169 cm³/mol. The molecule has 2 aromatic heterocycles. The molecule has 1 fully saturated rings. The Morgan fingerprint density at radius 2 is 1.79 bits per heavy atom. The number of nitrogens with one attached hydrogen (secondary N) is 1. The third-order valence-corrected chi connectivity index (χ3v) is 8.12. The van der Waals surface area contributed by atoms with Gasteiger partial charge in [0.1, 0.15) is 0 Å². The topological polar surface area (TPSA) is 81.5 Å². The number of hydrogen-bond donors (Lipinski definition) is 1. The third-order valence-electron chi connectivity index (χ3n) is 7.63. The molecule has 1 N–H and O–H groups in total. The lowest BCUT2D eigenvalue weighted by Crippen LogP contribution is -2.41. The summed E-state index contributed by atoms with van der Waals surface area (Å²) in [4.78, 5) is 24.1. The molecule has 1 amide bonds. The van der Waals surface area contributed by atoms with E-state index in [1.807, 2.05) is 72.4 Å². The molecule has 3 aromatic carbocycles. The van der Waals surface area contributed by atoms with Crippen molar-refractivity contribution in [1.29, 1.82) is 0 Å². The van der Waals surface area contributed by atoms with Crippen LogP contribution in [-0.4, -0.2) is 64.9 Å². The Labute approximate surface area is 260 Å². The Balaban J connectivity index is 1.36. The smallest absolute Gasteiger partial charge is 0.391 e. The fourth-order valence-corrected chi connectivity index (χ4v) is 5.77. The van der Waals surface area contributed by atoms with Crippen molar-refractivity contribution < 1.29 is 14.3 Å². The average Bonchev–Trinajstić information content (AvgIpc) is 3.43. The highest BCUT2D eigenvalue weighted by Gasteiger charge is 2.22. The van der Waals surface area contributed by atoms with E-state index >= 15 is 0 Å². The van der Waals surface area contributed by atoms with Crippen LogP contribution < -0.4 is 10.1 Å². The standard InChI is InChI=1S/C33H31Cl2N5O3/c1-39-21-36-20-30(39)32(22-5-8-25(34)9-6-22)24-7-10-29-28(18-24)27(23-3-2-4-26(35)17-23)19-31(38-29)43-33(41)37-11-12-40-13-15-42-16-14-40/h2-10,17-21,32H,11-16H2,1H3,(H,37,41).